The van der Waals surface area contributed by atoms with Crippen LogP contribution in [-0.2, 0) is 0 Å². The molecule has 0 atom stereocenters. The van der Waals surface area contributed by atoms with Gasteiger partial charge in [-0.2, -0.15) is 0 Å². The van der Waals surface area contributed by atoms with Gasteiger partial charge >= 0.3 is 45.2 Å². The first-order chi connectivity index (χ1) is 3.91. The third kappa shape index (κ3) is 140. The van der Waals surface area contributed by atoms with Gasteiger partial charge in [-0.3, -0.25) is 0 Å². The van der Waals surface area contributed by atoms with E-state index >= 15 is 0 Å². The second-order valence-corrected chi connectivity index (χ2v) is 2.80. The Hall–Kier alpha value is 0.654. The van der Waals surface area contributed by atoms with E-state index in [0.717, 1.165) is 0 Å². The van der Waals surface area contributed by atoms with Gasteiger partial charge in [0.25, 0.3) is 0 Å². The van der Waals surface area contributed by atoms with Crippen LogP contribution in [0.15, 0.2) is 0 Å². The van der Waals surface area contributed by atoms with Gasteiger partial charge < -0.3 is 19.2 Å². The maximum atomic E-state index is 7.33. The SMILES string of the molecule is O[Si](O)(O)O.[Li][CH2]CC. The Labute approximate surface area is 64.8 Å². The second-order valence-electron chi connectivity index (χ2n) is 1.60. The monoisotopic (exact) mass is 146 g/mol. The molecule has 0 saturated carbocycles. The van der Waals surface area contributed by atoms with Crippen molar-refractivity contribution in [2.24, 2.45) is 0 Å². The quantitative estimate of drug-likeness (QED) is 0.335. The molecular formula is C3H11LiO4Si. The molecule has 0 aliphatic rings. The van der Waals surface area contributed by atoms with Gasteiger partial charge in [-0.25, -0.2) is 0 Å². The van der Waals surface area contributed by atoms with Crippen molar-refractivity contribution in [3.05, 3.63) is 0 Å². The Morgan fingerprint density at radius 3 is 1.33 bits per heavy atom. The van der Waals surface area contributed by atoms with Crippen molar-refractivity contribution in [2.45, 2.75) is 18.4 Å². The van der Waals surface area contributed by atoms with Crippen molar-refractivity contribution < 1.29 is 19.2 Å². The van der Waals surface area contributed by atoms with Gasteiger partial charge in [-0.15, -0.1) is 0 Å². The van der Waals surface area contributed by atoms with Crippen molar-refractivity contribution in [1.82, 2.24) is 0 Å². The molecule has 52 valence electrons. The van der Waals surface area contributed by atoms with E-state index in [0.29, 0.717) is 0 Å². The summed E-state index contributed by atoms with van der Waals surface area (Å²) < 4.78 is 0. The molecule has 4 N–H and O–H groups in total. The first kappa shape index (κ1) is 12.3. The summed E-state index contributed by atoms with van der Waals surface area (Å²) in [5.41, 5.74) is 0. The van der Waals surface area contributed by atoms with Crippen LogP contribution in [0.2, 0.25) is 5.09 Å². The zero-order valence-corrected chi connectivity index (χ0v) is 6.70. The van der Waals surface area contributed by atoms with Crippen LogP contribution in [-0.4, -0.2) is 45.9 Å². The van der Waals surface area contributed by atoms with Crippen LogP contribution in [0, 0.1) is 0 Å². The molecule has 0 heterocycles. The van der Waals surface area contributed by atoms with E-state index in [1.807, 2.05) is 0 Å². The van der Waals surface area contributed by atoms with E-state index in [-0.39, 0.29) is 0 Å². The van der Waals surface area contributed by atoms with Crippen molar-refractivity contribution >= 4 is 26.8 Å². The predicted molar refractivity (Wildman–Crippen MR) is 35.5 cm³/mol. The third-order valence-electron chi connectivity index (χ3n) is 0.500. The van der Waals surface area contributed by atoms with Gasteiger partial charge in [-0.1, -0.05) is 0 Å². The fraction of sp³-hybridized carbons (Fsp3) is 1.00. The van der Waals surface area contributed by atoms with Crippen LogP contribution < -0.4 is 0 Å². The van der Waals surface area contributed by atoms with Gasteiger partial charge in [0.05, 0.1) is 0 Å². The standard InChI is InChI=1S/C3H7.Li.H4O4Si/c1-3-2;;1-5(2,3)4/h1,3H2,2H3;;1-4H. The van der Waals surface area contributed by atoms with Gasteiger partial charge in [0.1, 0.15) is 0 Å². The van der Waals surface area contributed by atoms with Crippen LogP contribution in [0.5, 0.6) is 0 Å². The fourth-order valence-corrected chi connectivity index (χ4v) is 0. The summed E-state index contributed by atoms with van der Waals surface area (Å²) in [7, 11) is -4.61. The molecule has 0 aliphatic heterocycles. The molecule has 0 saturated heterocycles. The summed E-state index contributed by atoms with van der Waals surface area (Å²) in [4.78, 5) is 29.3. The van der Waals surface area contributed by atoms with Gasteiger partial charge in [0.2, 0.25) is 0 Å². The second kappa shape index (κ2) is 6.77. The fourth-order valence-electron chi connectivity index (χ4n) is 0. The van der Waals surface area contributed by atoms with Gasteiger partial charge in [0.15, 0.2) is 0 Å². The van der Waals surface area contributed by atoms with E-state index in [9.17, 15) is 0 Å². The van der Waals surface area contributed by atoms with Crippen LogP contribution in [0.1, 0.15) is 13.3 Å². The number of rotatable bonds is 1. The molecule has 0 rings (SSSR count). The van der Waals surface area contributed by atoms with E-state index < -0.39 is 9.05 Å². The molecule has 0 aromatic carbocycles. The molecule has 0 aromatic rings. The Morgan fingerprint density at radius 2 is 1.33 bits per heavy atom. The van der Waals surface area contributed by atoms with Crippen LogP contribution in [0.4, 0.5) is 0 Å². The predicted octanol–water partition coefficient (Wildman–Crippen LogP) is -1.63. The molecule has 0 aromatic heterocycles. The Kier molecular flexibility index (Phi) is 9.28. The Bertz CT molecular complexity index is 46.3. The topological polar surface area (TPSA) is 80.9 Å². The normalized spacial score (nSPS) is 10.1. The average molecular weight is 146 g/mol. The number of hydrogen-bond acceptors (Lipinski definition) is 4. The van der Waals surface area contributed by atoms with Gasteiger partial charge in [0, 0.05) is 0 Å². The molecular weight excluding hydrogens is 135 g/mol. The van der Waals surface area contributed by atoms with Crippen molar-refractivity contribution in [1.29, 1.82) is 0 Å². The molecule has 0 aliphatic carbocycles. The average Bonchev–Trinajstić information content (AvgIpc) is 1.61. The first-order valence-corrected chi connectivity index (χ1v) is 4.60. The van der Waals surface area contributed by atoms with Crippen molar-refractivity contribution in [3.63, 3.8) is 0 Å². The zero-order valence-electron chi connectivity index (χ0n) is 5.70. The van der Waals surface area contributed by atoms with E-state index in [4.69, 9.17) is 19.2 Å². The zero-order chi connectivity index (χ0) is 7.91. The summed E-state index contributed by atoms with van der Waals surface area (Å²) in [6, 6.07) is 0. The molecule has 0 spiro atoms. The summed E-state index contributed by atoms with van der Waals surface area (Å²) in [6.45, 7) is 2.18. The summed E-state index contributed by atoms with van der Waals surface area (Å²) >= 11 is 2.18. The Balaban J connectivity index is 0. The van der Waals surface area contributed by atoms with E-state index in [1.54, 1.807) is 0 Å². The Morgan fingerprint density at radius 1 is 1.22 bits per heavy atom. The molecule has 9 heavy (non-hydrogen) atoms. The third-order valence-corrected chi connectivity index (χ3v) is 0.500. The van der Waals surface area contributed by atoms with Crippen molar-refractivity contribution in [3.8, 4) is 0 Å². The molecule has 4 nitrogen and oxygen atoms in total. The van der Waals surface area contributed by atoms with Crippen LogP contribution in [0.3, 0.4) is 0 Å². The van der Waals surface area contributed by atoms with Crippen LogP contribution >= 0.6 is 0 Å². The minimum atomic E-state index is -4.61. The maximum absolute atomic E-state index is 7.33. The van der Waals surface area contributed by atoms with E-state index in [2.05, 4.69) is 24.6 Å². The minimum absolute atomic E-state index is 1.32. The molecule has 0 amide bonds. The molecule has 0 fully saturated rings. The summed E-state index contributed by atoms with van der Waals surface area (Å²) in [5.74, 6) is 0. The summed E-state index contributed by atoms with van der Waals surface area (Å²) in [6.07, 6.45) is 1.32. The van der Waals surface area contributed by atoms with Crippen molar-refractivity contribution in [2.75, 3.05) is 0 Å². The number of hydrogen-bond donors (Lipinski definition) is 4. The molecule has 0 radical (unpaired) electrons. The van der Waals surface area contributed by atoms with E-state index in [1.165, 1.54) is 11.5 Å². The molecule has 0 unspecified atom stereocenters. The molecule has 0 bridgehead atoms. The first-order valence-electron chi connectivity index (χ1n) is 2.81. The van der Waals surface area contributed by atoms with Crippen LogP contribution in [0.25, 0.3) is 0 Å². The summed E-state index contributed by atoms with van der Waals surface area (Å²) in [5, 5.41) is 1.32. The molecule has 6 heteroatoms. The van der Waals surface area contributed by atoms with Gasteiger partial charge in [-0.05, 0) is 0 Å².